The van der Waals surface area contributed by atoms with Gasteiger partial charge in [-0.3, -0.25) is 0 Å². The molecule has 0 spiro atoms. The first-order valence-electron chi connectivity index (χ1n) is 5.65. The second kappa shape index (κ2) is 5.67. The maximum absolute atomic E-state index is 5.99. The van der Waals surface area contributed by atoms with Gasteiger partial charge in [0.15, 0.2) is 0 Å². The van der Waals surface area contributed by atoms with E-state index in [-0.39, 0.29) is 0 Å². The zero-order chi connectivity index (χ0) is 12.3. The summed E-state index contributed by atoms with van der Waals surface area (Å²) in [6, 6.07) is 4.33. The number of aromatic nitrogens is 2. The third-order valence-corrected chi connectivity index (χ3v) is 4.04. The molecular weight excluding hydrogens is 254 g/mol. The summed E-state index contributed by atoms with van der Waals surface area (Å²) in [6.45, 7) is 3.05. The highest BCUT2D eigenvalue weighted by Gasteiger charge is 2.15. The highest BCUT2D eigenvalue weighted by atomic mass is 35.5. The molecule has 0 saturated carbocycles. The van der Waals surface area contributed by atoms with Crippen molar-refractivity contribution in [3.05, 3.63) is 39.6 Å². The number of halogens is 1. The lowest BCUT2D eigenvalue weighted by molar-refractivity contribution is 0.536. The van der Waals surface area contributed by atoms with Crippen LogP contribution in [0.3, 0.4) is 0 Å². The number of nitrogens with zero attached hydrogens (tertiary/aromatic N) is 2. The molecule has 0 radical (unpaired) electrons. The lowest BCUT2D eigenvalue weighted by Crippen LogP contribution is -2.23. The number of imidazole rings is 1. The molecule has 0 aliphatic heterocycles. The first-order valence-corrected chi connectivity index (χ1v) is 6.85. The van der Waals surface area contributed by atoms with Crippen LogP contribution in [0.2, 0.25) is 4.34 Å². The molecule has 0 amide bonds. The van der Waals surface area contributed by atoms with Gasteiger partial charge in [-0.1, -0.05) is 18.5 Å². The third-order valence-electron chi connectivity index (χ3n) is 2.70. The minimum Gasteiger partial charge on any atom is -0.338 e. The number of hydrogen-bond acceptors (Lipinski definition) is 3. The summed E-state index contributed by atoms with van der Waals surface area (Å²) in [4.78, 5) is 5.63. The van der Waals surface area contributed by atoms with Gasteiger partial charge in [0, 0.05) is 36.8 Å². The highest BCUT2D eigenvalue weighted by molar-refractivity contribution is 7.16. The van der Waals surface area contributed by atoms with Crippen LogP contribution in [-0.4, -0.2) is 16.1 Å². The molecule has 2 aromatic rings. The largest absolute Gasteiger partial charge is 0.338 e. The third kappa shape index (κ3) is 3.09. The van der Waals surface area contributed by atoms with Crippen molar-refractivity contribution >= 4 is 22.9 Å². The lowest BCUT2D eigenvalue weighted by Gasteiger charge is -2.16. The van der Waals surface area contributed by atoms with E-state index in [4.69, 9.17) is 11.6 Å². The topological polar surface area (TPSA) is 29.9 Å². The van der Waals surface area contributed by atoms with Crippen molar-refractivity contribution in [1.29, 1.82) is 0 Å². The SMILES string of the molecule is CCNC(Cc1nccn1C)c1ccc(Cl)s1. The lowest BCUT2D eigenvalue weighted by atomic mass is 10.1. The van der Waals surface area contributed by atoms with Crippen molar-refractivity contribution in [1.82, 2.24) is 14.9 Å². The minimum absolute atomic E-state index is 0.290. The molecule has 0 bridgehead atoms. The fraction of sp³-hybridized carbons (Fsp3) is 0.417. The molecule has 92 valence electrons. The second-order valence-corrected chi connectivity index (χ2v) is 5.66. The Hall–Kier alpha value is -0.840. The number of nitrogens with one attached hydrogen (secondary N) is 1. The zero-order valence-electron chi connectivity index (χ0n) is 9.98. The smallest absolute Gasteiger partial charge is 0.110 e. The van der Waals surface area contributed by atoms with Crippen LogP contribution >= 0.6 is 22.9 Å². The van der Waals surface area contributed by atoms with Crippen molar-refractivity contribution in [3.8, 4) is 0 Å². The van der Waals surface area contributed by atoms with Gasteiger partial charge >= 0.3 is 0 Å². The van der Waals surface area contributed by atoms with E-state index in [2.05, 4.69) is 27.9 Å². The molecule has 0 saturated heterocycles. The van der Waals surface area contributed by atoms with Crippen LogP contribution in [0.4, 0.5) is 0 Å². The van der Waals surface area contributed by atoms with Gasteiger partial charge in [0.05, 0.1) is 4.34 Å². The van der Waals surface area contributed by atoms with Crippen molar-refractivity contribution < 1.29 is 0 Å². The van der Waals surface area contributed by atoms with Crippen LogP contribution < -0.4 is 5.32 Å². The van der Waals surface area contributed by atoms with Crippen molar-refractivity contribution in [2.45, 2.75) is 19.4 Å². The Morgan fingerprint density at radius 3 is 2.88 bits per heavy atom. The molecule has 17 heavy (non-hydrogen) atoms. The van der Waals surface area contributed by atoms with E-state index in [1.807, 2.05) is 25.5 Å². The van der Waals surface area contributed by atoms with Crippen molar-refractivity contribution in [3.63, 3.8) is 0 Å². The number of thiophene rings is 1. The monoisotopic (exact) mass is 269 g/mol. The van der Waals surface area contributed by atoms with Crippen LogP contribution in [0.5, 0.6) is 0 Å². The first-order chi connectivity index (χ1) is 8.20. The fourth-order valence-corrected chi connectivity index (χ4v) is 2.95. The average Bonchev–Trinajstić information content (AvgIpc) is 2.88. The van der Waals surface area contributed by atoms with Crippen molar-refractivity contribution in [2.75, 3.05) is 6.54 Å². The fourth-order valence-electron chi connectivity index (χ4n) is 1.81. The molecule has 2 heterocycles. The van der Waals surface area contributed by atoms with Gasteiger partial charge in [-0.15, -0.1) is 11.3 Å². The molecule has 1 atom stereocenters. The zero-order valence-corrected chi connectivity index (χ0v) is 11.6. The van der Waals surface area contributed by atoms with E-state index in [1.54, 1.807) is 11.3 Å². The maximum Gasteiger partial charge on any atom is 0.110 e. The maximum atomic E-state index is 5.99. The Balaban J connectivity index is 2.15. The molecule has 0 aliphatic carbocycles. The van der Waals surface area contributed by atoms with Gasteiger partial charge in [0.2, 0.25) is 0 Å². The first kappa shape index (κ1) is 12.6. The summed E-state index contributed by atoms with van der Waals surface area (Å²) < 4.78 is 2.89. The van der Waals surface area contributed by atoms with Crippen LogP contribution in [0.25, 0.3) is 0 Å². The van der Waals surface area contributed by atoms with Crippen LogP contribution in [0.1, 0.15) is 23.7 Å². The summed E-state index contributed by atoms with van der Waals surface area (Å²) in [5.41, 5.74) is 0. The van der Waals surface area contributed by atoms with E-state index >= 15 is 0 Å². The molecule has 2 aromatic heterocycles. The molecule has 5 heteroatoms. The standard InChI is InChI=1S/C12H16ClN3S/c1-3-14-9(10-4-5-11(13)17-10)8-12-15-6-7-16(12)2/h4-7,9,14H,3,8H2,1-2H3. The number of hydrogen-bond donors (Lipinski definition) is 1. The Labute approximate surface area is 110 Å². The molecule has 3 nitrogen and oxygen atoms in total. The van der Waals surface area contributed by atoms with Crippen LogP contribution in [0.15, 0.2) is 24.5 Å². The minimum atomic E-state index is 0.290. The van der Waals surface area contributed by atoms with Gasteiger partial charge in [-0.05, 0) is 18.7 Å². The van der Waals surface area contributed by atoms with E-state index in [0.717, 1.165) is 23.1 Å². The van der Waals surface area contributed by atoms with Crippen LogP contribution in [0, 0.1) is 0 Å². The Bertz CT molecular complexity index is 478. The van der Waals surface area contributed by atoms with Crippen molar-refractivity contribution in [2.24, 2.45) is 7.05 Å². The molecule has 1 unspecified atom stereocenters. The number of likely N-dealkylation sites (N-methyl/N-ethyl adjacent to an activating group) is 1. The van der Waals surface area contributed by atoms with Gasteiger partial charge in [0.1, 0.15) is 5.82 Å². The Kier molecular flexibility index (Phi) is 4.20. The summed E-state index contributed by atoms with van der Waals surface area (Å²) >= 11 is 7.62. The number of rotatable bonds is 5. The van der Waals surface area contributed by atoms with E-state index < -0.39 is 0 Å². The predicted octanol–water partition coefficient (Wildman–Crippen LogP) is 3.03. The average molecular weight is 270 g/mol. The molecule has 1 N–H and O–H groups in total. The molecule has 2 rings (SSSR count). The quantitative estimate of drug-likeness (QED) is 0.904. The van der Waals surface area contributed by atoms with Gasteiger partial charge < -0.3 is 9.88 Å². The van der Waals surface area contributed by atoms with E-state index in [9.17, 15) is 0 Å². The van der Waals surface area contributed by atoms with Gasteiger partial charge in [-0.25, -0.2) is 4.98 Å². The van der Waals surface area contributed by atoms with Gasteiger partial charge in [0.25, 0.3) is 0 Å². The van der Waals surface area contributed by atoms with E-state index in [1.165, 1.54) is 4.88 Å². The molecule has 0 aliphatic rings. The Morgan fingerprint density at radius 1 is 1.53 bits per heavy atom. The summed E-state index contributed by atoms with van der Waals surface area (Å²) in [7, 11) is 2.02. The van der Waals surface area contributed by atoms with E-state index in [0.29, 0.717) is 6.04 Å². The Morgan fingerprint density at radius 2 is 2.35 bits per heavy atom. The molecular formula is C12H16ClN3S. The summed E-state index contributed by atoms with van der Waals surface area (Å²) in [6.07, 6.45) is 4.69. The summed E-state index contributed by atoms with van der Waals surface area (Å²) in [5, 5.41) is 3.48. The molecule has 0 fully saturated rings. The summed E-state index contributed by atoms with van der Waals surface area (Å²) in [5.74, 6) is 1.08. The van der Waals surface area contributed by atoms with Gasteiger partial charge in [-0.2, -0.15) is 0 Å². The normalized spacial score (nSPS) is 12.9. The second-order valence-electron chi connectivity index (χ2n) is 3.91. The highest BCUT2D eigenvalue weighted by Crippen LogP contribution is 2.28. The number of aryl methyl sites for hydroxylation is 1. The predicted molar refractivity (Wildman–Crippen MR) is 72.7 cm³/mol. The molecule has 0 aromatic carbocycles. The van der Waals surface area contributed by atoms with Crippen LogP contribution in [-0.2, 0) is 13.5 Å².